The molecule has 1 aromatic carbocycles. The summed E-state index contributed by atoms with van der Waals surface area (Å²) in [5, 5.41) is 6.09. The number of hydrogen-bond acceptors (Lipinski definition) is 2. The standard InChI is InChI=1S/C11H12ClFN2O/c12-8-1-2-9(10(13)3-8)11(16)15-6-7-4-14-5-7/h1-3,7,14H,4-6H2,(H,15,16). The van der Waals surface area contributed by atoms with Gasteiger partial charge >= 0.3 is 0 Å². The molecule has 0 aromatic heterocycles. The van der Waals surface area contributed by atoms with E-state index in [4.69, 9.17) is 11.6 Å². The van der Waals surface area contributed by atoms with Crippen LogP contribution in [0.3, 0.4) is 0 Å². The van der Waals surface area contributed by atoms with Crippen LogP contribution in [0.5, 0.6) is 0 Å². The van der Waals surface area contributed by atoms with E-state index in [9.17, 15) is 9.18 Å². The maximum atomic E-state index is 13.4. The Morgan fingerprint density at radius 3 is 2.88 bits per heavy atom. The zero-order valence-electron chi connectivity index (χ0n) is 8.59. The number of halogens is 2. The first kappa shape index (κ1) is 11.4. The Balaban J connectivity index is 1.96. The van der Waals surface area contributed by atoms with E-state index >= 15 is 0 Å². The molecule has 1 amide bonds. The van der Waals surface area contributed by atoms with Gasteiger partial charge in [0, 0.05) is 30.6 Å². The number of hydrogen-bond donors (Lipinski definition) is 2. The van der Waals surface area contributed by atoms with Crippen LogP contribution in [0.1, 0.15) is 10.4 Å². The highest BCUT2D eigenvalue weighted by Crippen LogP contribution is 2.14. The van der Waals surface area contributed by atoms with Crippen molar-refractivity contribution < 1.29 is 9.18 Å². The van der Waals surface area contributed by atoms with Crippen LogP contribution in [-0.4, -0.2) is 25.5 Å². The van der Waals surface area contributed by atoms with Gasteiger partial charge in [0.1, 0.15) is 5.82 Å². The molecule has 1 aliphatic heterocycles. The van der Waals surface area contributed by atoms with Gasteiger partial charge in [0.25, 0.3) is 5.91 Å². The lowest BCUT2D eigenvalue weighted by Crippen LogP contribution is -2.48. The van der Waals surface area contributed by atoms with Crippen LogP contribution in [0.2, 0.25) is 5.02 Å². The molecule has 5 heteroatoms. The van der Waals surface area contributed by atoms with Gasteiger partial charge in [0.15, 0.2) is 0 Å². The monoisotopic (exact) mass is 242 g/mol. The highest BCUT2D eigenvalue weighted by molar-refractivity contribution is 6.30. The van der Waals surface area contributed by atoms with Gasteiger partial charge in [-0.15, -0.1) is 0 Å². The second-order valence-corrected chi connectivity index (χ2v) is 4.29. The van der Waals surface area contributed by atoms with Crippen molar-refractivity contribution in [3.8, 4) is 0 Å². The minimum absolute atomic E-state index is 0.0386. The summed E-state index contributed by atoms with van der Waals surface area (Å²) >= 11 is 5.60. The molecular formula is C11H12ClFN2O. The molecule has 86 valence electrons. The summed E-state index contributed by atoms with van der Waals surface area (Å²) in [7, 11) is 0. The average molecular weight is 243 g/mol. The topological polar surface area (TPSA) is 41.1 Å². The van der Waals surface area contributed by atoms with Gasteiger partial charge < -0.3 is 10.6 Å². The summed E-state index contributed by atoms with van der Waals surface area (Å²) in [6.07, 6.45) is 0. The molecule has 1 aromatic rings. The number of benzene rings is 1. The number of rotatable bonds is 3. The fourth-order valence-electron chi connectivity index (χ4n) is 1.50. The Hall–Kier alpha value is -1.13. The lowest BCUT2D eigenvalue weighted by molar-refractivity contribution is 0.0938. The molecule has 1 saturated heterocycles. The maximum absolute atomic E-state index is 13.4. The zero-order valence-corrected chi connectivity index (χ0v) is 9.35. The molecule has 0 unspecified atom stereocenters. The molecule has 16 heavy (non-hydrogen) atoms. The molecule has 1 heterocycles. The van der Waals surface area contributed by atoms with Gasteiger partial charge in [-0.2, -0.15) is 0 Å². The highest BCUT2D eigenvalue weighted by Gasteiger charge is 2.18. The Labute approximate surface area is 98.0 Å². The Kier molecular flexibility index (Phi) is 3.41. The molecule has 0 bridgehead atoms. The predicted octanol–water partition coefficient (Wildman–Crippen LogP) is 1.43. The smallest absolute Gasteiger partial charge is 0.254 e. The third-order valence-corrected chi connectivity index (χ3v) is 2.83. The second-order valence-electron chi connectivity index (χ2n) is 3.86. The summed E-state index contributed by atoms with van der Waals surface area (Å²) in [5.41, 5.74) is 0.0386. The summed E-state index contributed by atoms with van der Waals surface area (Å²) in [6, 6.07) is 4.04. The van der Waals surface area contributed by atoms with E-state index in [1.807, 2.05) is 0 Å². The van der Waals surface area contributed by atoms with Crippen LogP contribution < -0.4 is 10.6 Å². The minimum atomic E-state index is -0.586. The van der Waals surface area contributed by atoms with Gasteiger partial charge in [-0.25, -0.2) is 4.39 Å². The third kappa shape index (κ3) is 2.51. The van der Waals surface area contributed by atoms with Crippen molar-refractivity contribution in [3.05, 3.63) is 34.6 Å². The summed E-state index contributed by atoms with van der Waals surface area (Å²) in [6.45, 7) is 2.39. The van der Waals surface area contributed by atoms with Crippen LogP contribution in [0.15, 0.2) is 18.2 Å². The fraction of sp³-hybridized carbons (Fsp3) is 0.364. The Morgan fingerprint density at radius 2 is 2.31 bits per heavy atom. The molecule has 0 aliphatic carbocycles. The SMILES string of the molecule is O=C(NCC1CNC1)c1ccc(Cl)cc1F. The molecule has 0 spiro atoms. The van der Waals surface area contributed by atoms with E-state index in [-0.39, 0.29) is 16.5 Å². The van der Waals surface area contributed by atoms with Crippen LogP contribution >= 0.6 is 11.6 Å². The number of carbonyl (C=O) groups is 1. The zero-order chi connectivity index (χ0) is 11.5. The average Bonchev–Trinajstić information content (AvgIpc) is 2.14. The van der Waals surface area contributed by atoms with E-state index in [1.54, 1.807) is 0 Å². The maximum Gasteiger partial charge on any atom is 0.254 e. The molecule has 3 nitrogen and oxygen atoms in total. The number of carbonyl (C=O) groups excluding carboxylic acids is 1. The van der Waals surface area contributed by atoms with Gasteiger partial charge in [-0.05, 0) is 18.2 Å². The highest BCUT2D eigenvalue weighted by atomic mass is 35.5. The van der Waals surface area contributed by atoms with Crippen molar-refractivity contribution in [2.75, 3.05) is 19.6 Å². The molecule has 1 aliphatic rings. The van der Waals surface area contributed by atoms with Crippen molar-refractivity contribution in [3.63, 3.8) is 0 Å². The van der Waals surface area contributed by atoms with Crippen LogP contribution in [0, 0.1) is 11.7 Å². The van der Waals surface area contributed by atoms with E-state index in [0.717, 1.165) is 19.2 Å². The van der Waals surface area contributed by atoms with Crippen molar-refractivity contribution in [2.45, 2.75) is 0 Å². The largest absolute Gasteiger partial charge is 0.352 e. The van der Waals surface area contributed by atoms with E-state index in [0.29, 0.717) is 12.5 Å². The van der Waals surface area contributed by atoms with Crippen LogP contribution in [0.4, 0.5) is 4.39 Å². The molecule has 0 saturated carbocycles. The van der Waals surface area contributed by atoms with E-state index < -0.39 is 5.82 Å². The third-order valence-electron chi connectivity index (χ3n) is 2.59. The van der Waals surface area contributed by atoms with Gasteiger partial charge in [-0.1, -0.05) is 11.6 Å². The number of amides is 1. The van der Waals surface area contributed by atoms with Crippen molar-refractivity contribution in [1.29, 1.82) is 0 Å². The van der Waals surface area contributed by atoms with Gasteiger partial charge in [0.05, 0.1) is 5.56 Å². The molecular weight excluding hydrogens is 231 g/mol. The van der Waals surface area contributed by atoms with Crippen molar-refractivity contribution >= 4 is 17.5 Å². The first-order valence-corrected chi connectivity index (χ1v) is 5.48. The van der Waals surface area contributed by atoms with Crippen molar-refractivity contribution in [2.24, 2.45) is 5.92 Å². The van der Waals surface area contributed by atoms with Crippen LogP contribution in [0.25, 0.3) is 0 Å². The fourth-order valence-corrected chi connectivity index (χ4v) is 1.66. The van der Waals surface area contributed by atoms with E-state index in [1.165, 1.54) is 12.1 Å². The summed E-state index contributed by atoms with van der Waals surface area (Å²) in [4.78, 5) is 11.6. The Bertz CT molecular complexity index is 407. The lowest BCUT2D eigenvalue weighted by atomic mass is 10.0. The van der Waals surface area contributed by atoms with Crippen molar-refractivity contribution in [1.82, 2.24) is 10.6 Å². The first-order valence-electron chi connectivity index (χ1n) is 5.11. The molecule has 2 rings (SSSR count). The summed E-state index contributed by atoms with van der Waals surface area (Å²) in [5.74, 6) is -0.517. The molecule has 1 fully saturated rings. The van der Waals surface area contributed by atoms with Crippen LogP contribution in [-0.2, 0) is 0 Å². The molecule has 0 radical (unpaired) electrons. The Morgan fingerprint density at radius 1 is 1.56 bits per heavy atom. The lowest BCUT2D eigenvalue weighted by Gasteiger charge is -2.27. The molecule has 2 N–H and O–H groups in total. The predicted molar refractivity (Wildman–Crippen MR) is 60.1 cm³/mol. The van der Waals surface area contributed by atoms with Gasteiger partial charge in [-0.3, -0.25) is 4.79 Å². The minimum Gasteiger partial charge on any atom is -0.352 e. The summed E-state index contributed by atoms with van der Waals surface area (Å²) < 4.78 is 13.4. The molecule has 0 atom stereocenters. The normalized spacial score (nSPS) is 15.6. The quantitative estimate of drug-likeness (QED) is 0.842. The number of nitrogens with one attached hydrogen (secondary N) is 2. The first-order chi connectivity index (χ1) is 7.66. The second kappa shape index (κ2) is 4.80. The van der Waals surface area contributed by atoms with Gasteiger partial charge in [0.2, 0.25) is 0 Å². The van der Waals surface area contributed by atoms with E-state index in [2.05, 4.69) is 10.6 Å².